The van der Waals surface area contributed by atoms with Crippen molar-refractivity contribution in [2.24, 2.45) is 0 Å². The van der Waals surface area contributed by atoms with Crippen LogP contribution in [-0.2, 0) is 61.6 Å². The Morgan fingerprint density at radius 3 is 0.723 bits per heavy atom. The average molecular weight is 705 g/mol. The van der Waals surface area contributed by atoms with Gasteiger partial charge in [-0.1, -0.05) is 18.9 Å². The van der Waals surface area contributed by atoms with Crippen LogP contribution in [0.2, 0.25) is 0 Å². The number of rotatable bonds is 44. The highest BCUT2D eigenvalue weighted by Gasteiger charge is 1.97. The second kappa shape index (κ2) is 45.5. The lowest BCUT2D eigenvalue weighted by atomic mass is 10.2. The van der Waals surface area contributed by atoms with Gasteiger partial charge in [-0.15, -0.1) is 18.2 Å². The Morgan fingerprint density at radius 2 is 0.489 bits per heavy atom. The summed E-state index contributed by atoms with van der Waals surface area (Å²) in [6, 6.07) is 0. The molecule has 47 heavy (non-hydrogen) atoms. The van der Waals surface area contributed by atoms with Crippen LogP contribution in [0.5, 0.6) is 0 Å². The third kappa shape index (κ3) is 45.5. The van der Waals surface area contributed by atoms with Crippen LogP contribution >= 0.6 is 11.6 Å². The SMILES string of the molecule is C=CCOCCOCCOCCOCCOCCOCCOCCOCCOCCOCCOCCOCCOCCCCCCCl. The van der Waals surface area contributed by atoms with Gasteiger partial charge in [-0.2, -0.15) is 0 Å². The first-order valence-electron chi connectivity index (χ1n) is 17.1. The summed E-state index contributed by atoms with van der Waals surface area (Å²) in [6.07, 6.45) is 6.21. The fraction of sp³-hybridized carbons (Fsp3) is 0.939. The van der Waals surface area contributed by atoms with E-state index in [2.05, 4.69) is 6.58 Å². The third-order valence-corrected chi connectivity index (χ3v) is 6.14. The summed E-state index contributed by atoms with van der Waals surface area (Å²) in [7, 11) is 0. The summed E-state index contributed by atoms with van der Waals surface area (Å²) in [4.78, 5) is 0. The van der Waals surface area contributed by atoms with Crippen molar-refractivity contribution in [3.63, 3.8) is 0 Å². The molecule has 14 heteroatoms. The molecule has 0 spiro atoms. The zero-order chi connectivity index (χ0) is 33.8. The van der Waals surface area contributed by atoms with Crippen LogP contribution in [0.25, 0.3) is 0 Å². The van der Waals surface area contributed by atoms with Gasteiger partial charge in [0, 0.05) is 12.5 Å². The molecular weight excluding hydrogens is 640 g/mol. The van der Waals surface area contributed by atoms with E-state index in [1.807, 2.05) is 0 Å². The predicted molar refractivity (Wildman–Crippen MR) is 180 cm³/mol. The van der Waals surface area contributed by atoms with Crippen molar-refractivity contribution in [3.05, 3.63) is 12.7 Å². The lowest BCUT2D eigenvalue weighted by molar-refractivity contribution is -0.0289. The van der Waals surface area contributed by atoms with Crippen molar-refractivity contribution in [1.29, 1.82) is 0 Å². The molecule has 0 saturated heterocycles. The first-order valence-corrected chi connectivity index (χ1v) is 17.6. The van der Waals surface area contributed by atoms with Crippen LogP contribution in [-0.4, -0.2) is 178 Å². The minimum Gasteiger partial charge on any atom is -0.379 e. The van der Waals surface area contributed by atoms with Crippen molar-refractivity contribution in [3.8, 4) is 0 Å². The van der Waals surface area contributed by atoms with Crippen LogP contribution in [0.15, 0.2) is 12.7 Å². The molecule has 0 aromatic rings. The molecule has 0 atom stereocenters. The first kappa shape index (κ1) is 46.5. The van der Waals surface area contributed by atoms with E-state index in [9.17, 15) is 0 Å². The van der Waals surface area contributed by atoms with E-state index in [1.165, 1.54) is 12.8 Å². The standard InChI is InChI=1S/C33H65ClO13/c1-2-8-35-10-12-37-14-16-39-18-20-41-22-24-43-26-28-45-30-32-47-33-31-46-29-27-44-25-23-42-21-19-40-17-15-38-13-11-36-9-6-4-3-5-7-34/h2H,1,3-33H2. The Bertz CT molecular complexity index is 567. The molecule has 0 heterocycles. The van der Waals surface area contributed by atoms with Gasteiger partial charge in [-0.25, -0.2) is 0 Å². The Balaban J connectivity index is 3.04. The molecule has 0 N–H and O–H groups in total. The molecule has 0 aliphatic heterocycles. The topological polar surface area (TPSA) is 120 Å². The number of hydrogen-bond acceptors (Lipinski definition) is 13. The fourth-order valence-electron chi connectivity index (χ4n) is 3.46. The molecule has 0 aliphatic carbocycles. The molecule has 0 fully saturated rings. The van der Waals surface area contributed by atoms with Gasteiger partial charge in [0.05, 0.1) is 165 Å². The van der Waals surface area contributed by atoms with E-state index in [-0.39, 0.29) is 0 Å². The lowest BCUT2D eigenvalue weighted by Crippen LogP contribution is -2.15. The largest absolute Gasteiger partial charge is 0.379 e. The highest BCUT2D eigenvalue weighted by atomic mass is 35.5. The predicted octanol–water partition coefficient (Wildman–Crippen LogP) is 3.19. The average Bonchev–Trinajstić information content (AvgIpc) is 3.08. The molecule has 0 aliphatic rings. The first-order chi connectivity index (χ1) is 23.4. The van der Waals surface area contributed by atoms with Gasteiger partial charge in [0.25, 0.3) is 0 Å². The highest BCUT2D eigenvalue weighted by Crippen LogP contribution is 2.01. The smallest absolute Gasteiger partial charge is 0.0704 e. The van der Waals surface area contributed by atoms with Crippen LogP contribution in [0.3, 0.4) is 0 Å². The van der Waals surface area contributed by atoms with E-state index >= 15 is 0 Å². The highest BCUT2D eigenvalue weighted by molar-refractivity contribution is 6.17. The van der Waals surface area contributed by atoms with Gasteiger partial charge in [-0.05, 0) is 12.8 Å². The van der Waals surface area contributed by atoms with Crippen LogP contribution < -0.4 is 0 Å². The molecule has 0 bridgehead atoms. The molecule has 0 amide bonds. The maximum Gasteiger partial charge on any atom is 0.0704 e. The summed E-state index contributed by atoms with van der Waals surface area (Å²) >= 11 is 5.65. The van der Waals surface area contributed by atoms with E-state index < -0.39 is 0 Å². The Hall–Kier alpha value is -0.490. The normalized spacial score (nSPS) is 11.5. The number of unbranched alkanes of at least 4 members (excludes halogenated alkanes) is 3. The quantitative estimate of drug-likeness (QED) is 0.0525. The number of alkyl halides is 1. The van der Waals surface area contributed by atoms with Crippen molar-refractivity contribution >= 4 is 11.6 Å². The zero-order valence-electron chi connectivity index (χ0n) is 28.9. The Kier molecular flexibility index (Phi) is 45.0. The molecule has 0 aromatic carbocycles. The minimum atomic E-state index is 0.510. The molecule has 13 nitrogen and oxygen atoms in total. The molecule has 0 rings (SSSR count). The summed E-state index contributed by atoms with van der Waals surface area (Å²) in [5.74, 6) is 0.743. The molecule has 0 saturated carbocycles. The van der Waals surface area contributed by atoms with Crippen molar-refractivity contribution in [2.75, 3.05) is 178 Å². The monoisotopic (exact) mass is 704 g/mol. The summed E-state index contributed by atoms with van der Waals surface area (Å²) in [6.45, 7) is 17.7. The van der Waals surface area contributed by atoms with Crippen molar-refractivity contribution < 1.29 is 61.6 Å². The van der Waals surface area contributed by atoms with Crippen LogP contribution in [0.1, 0.15) is 25.7 Å². The van der Waals surface area contributed by atoms with Gasteiger partial charge in [-0.3, -0.25) is 0 Å². The lowest BCUT2D eigenvalue weighted by Gasteiger charge is -2.09. The van der Waals surface area contributed by atoms with Gasteiger partial charge < -0.3 is 61.6 Å². The van der Waals surface area contributed by atoms with E-state index in [1.54, 1.807) is 6.08 Å². The Labute approximate surface area is 289 Å². The summed E-state index contributed by atoms with van der Waals surface area (Å²) in [5.41, 5.74) is 0. The number of hydrogen-bond donors (Lipinski definition) is 0. The van der Waals surface area contributed by atoms with Gasteiger partial charge in [0.2, 0.25) is 0 Å². The molecule has 0 unspecified atom stereocenters. The third-order valence-electron chi connectivity index (χ3n) is 5.87. The van der Waals surface area contributed by atoms with Gasteiger partial charge >= 0.3 is 0 Å². The minimum absolute atomic E-state index is 0.510. The summed E-state index contributed by atoms with van der Waals surface area (Å²) in [5, 5.41) is 0. The van der Waals surface area contributed by atoms with Crippen molar-refractivity contribution in [1.82, 2.24) is 0 Å². The Morgan fingerprint density at radius 1 is 0.277 bits per heavy atom. The van der Waals surface area contributed by atoms with Gasteiger partial charge in [0.15, 0.2) is 0 Å². The van der Waals surface area contributed by atoms with Crippen molar-refractivity contribution in [2.45, 2.75) is 25.7 Å². The fourth-order valence-corrected chi connectivity index (χ4v) is 3.65. The van der Waals surface area contributed by atoms with E-state index in [0.717, 1.165) is 25.3 Å². The van der Waals surface area contributed by atoms with E-state index in [0.29, 0.717) is 165 Å². The maximum absolute atomic E-state index is 5.65. The van der Waals surface area contributed by atoms with Crippen LogP contribution in [0, 0.1) is 0 Å². The second-order valence-corrected chi connectivity index (χ2v) is 10.2. The number of halogens is 1. The van der Waals surface area contributed by atoms with Gasteiger partial charge in [0.1, 0.15) is 0 Å². The molecular formula is C33H65ClO13. The number of ether oxygens (including phenoxy) is 13. The molecule has 282 valence electrons. The zero-order valence-corrected chi connectivity index (χ0v) is 29.6. The van der Waals surface area contributed by atoms with Crippen LogP contribution in [0.4, 0.5) is 0 Å². The summed E-state index contributed by atoms with van der Waals surface area (Å²) < 4.78 is 70.8. The molecule has 0 aromatic heterocycles. The van der Waals surface area contributed by atoms with E-state index in [4.69, 9.17) is 73.2 Å². The maximum atomic E-state index is 5.65. The second-order valence-electron chi connectivity index (χ2n) is 9.82. The molecule has 0 radical (unpaired) electrons.